The third kappa shape index (κ3) is 9.05. The maximum atomic E-state index is 10.9. The predicted molar refractivity (Wildman–Crippen MR) is 60.3 cm³/mol. The third-order valence-corrected chi connectivity index (χ3v) is 1.73. The van der Waals surface area contributed by atoms with E-state index in [1.54, 1.807) is 0 Å². The van der Waals surface area contributed by atoms with Crippen molar-refractivity contribution in [3.05, 3.63) is 0 Å². The van der Waals surface area contributed by atoms with E-state index in [-0.39, 0.29) is 12.5 Å². The van der Waals surface area contributed by atoms with Crippen molar-refractivity contribution in [3.8, 4) is 0 Å². The number of nitrogens with zero attached hydrogens (tertiary/aromatic N) is 1. The number of nitrogens with one attached hydrogen (secondary N) is 1. The van der Waals surface area contributed by atoms with Crippen LogP contribution in [0.4, 0.5) is 0 Å². The normalized spacial score (nSPS) is 11.6. The fourth-order valence-electron chi connectivity index (χ4n) is 0.904. The van der Waals surface area contributed by atoms with Crippen molar-refractivity contribution < 1.29 is 9.63 Å². The molecule has 5 heteroatoms. The summed E-state index contributed by atoms with van der Waals surface area (Å²) in [5.74, 6) is 0.841. The van der Waals surface area contributed by atoms with Crippen molar-refractivity contribution in [3.63, 3.8) is 0 Å². The molecule has 1 amide bonds. The molecule has 5 nitrogen and oxygen atoms in total. The zero-order chi connectivity index (χ0) is 11.7. The molecule has 0 saturated carbocycles. The number of hydrogen-bond acceptors (Lipinski definition) is 3. The number of nitrogens with two attached hydrogens (primary N) is 1. The summed E-state index contributed by atoms with van der Waals surface area (Å²) in [6.45, 7) is 6.59. The standard InChI is InChI=1S/C10H21N3O2/c1-4-12-10(14)7-15-13-9(11)6-5-8(2)3/h8H,4-7H2,1-3H3,(H2,11,13)(H,12,14). The molecule has 0 atom stereocenters. The Kier molecular flexibility index (Phi) is 7.40. The molecule has 0 aromatic rings. The number of carbonyl (C=O) groups excluding carboxylic acids is 1. The first-order valence-electron chi connectivity index (χ1n) is 5.27. The van der Waals surface area contributed by atoms with E-state index in [2.05, 4.69) is 24.3 Å². The van der Waals surface area contributed by atoms with E-state index >= 15 is 0 Å². The van der Waals surface area contributed by atoms with Gasteiger partial charge in [0.1, 0.15) is 5.84 Å². The van der Waals surface area contributed by atoms with Gasteiger partial charge in [-0.05, 0) is 19.3 Å². The van der Waals surface area contributed by atoms with Crippen LogP contribution in [0.25, 0.3) is 0 Å². The van der Waals surface area contributed by atoms with Gasteiger partial charge in [-0.25, -0.2) is 0 Å². The minimum absolute atomic E-state index is 0.0732. The van der Waals surface area contributed by atoms with E-state index in [1.807, 2.05) is 6.92 Å². The highest BCUT2D eigenvalue weighted by Gasteiger charge is 2.00. The molecule has 0 bridgehead atoms. The number of carbonyl (C=O) groups is 1. The van der Waals surface area contributed by atoms with E-state index in [4.69, 9.17) is 10.6 Å². The average Bonchev–Trinajstić information content (AvgIpc) is 2.15. The van der Waals surface area contributed by atoms with Crippen LogP contribution in [0.5, 0.6) is 0 Å². The number of likely N-dealkylation sites (N-methyl/N-ethyl adjacent to an activating group) is 1. The van der Waals surface area contributed by atoms with Gasteiger partial charge in [-0.2, -0.15) is 0 Å². The summed E-state index contributed by atoms with van der Waals surface area (Å²) in [7, 11) is 0. The van der Waals surface area contributed by atoms with E-state index in [1.165, 1.54) is 0 Å². The molecule has 3 N–H and O–H groups in total. The first-order valence-corrected chi connectivity index (χ1v) is 5.27. The maximum Gasteiger partial charge on any atom is 0.260 e. The van der Waals surface area contributed by atoms with E-state index in [0.29, 0.717) is 24.7 Å². The summed E-state index contributed by atoms with van der Waals surface area (Å²) in [5, 5.41) is 6.25. The molecule has 0 aliphatic rings. The van der Waals surface area contributed by atoms with Crippen LogP contribution in [0.15, 0.2) is 5.16 Å². The van der Waals surface area contributed by atoms with Gasteiger partial charge in [0.05, 0.1) is 0 Å². The van der Waals surface area contributed by atoms with Crippen molar-refractivity contribution in [1.29, 1.82) is 0 Å². The van der Waals surface area contributed by atoms with Gasteiger partial charge in [-0.3, -0.25) is 4.79 Å². The van der Waals surface area contributed by atoms with Crippen LogP contribution in [-0.4, -0.2) is 24.9 Å². The Hall–Kier alpha value is -1.26. The van der Waals surface area contributed by atoms with Crippen LogP contribution < -0.4 is 11.1 Å². The first kappa shape index (κ1) is 13.7. The van der Waals surface area contributed by atoms with Gasteiger partial charge < -0.3 is 15.9 Å². The molecule has 0 fully saturated rings. The second kappa shape index (κ2) is 8.08. The SMILES string of the molecule is CCNC(=O)CO/N=C(\N)CCC(C)C. The molecule has 15 heavy (non-hydrogen) atoms. The second-order valence-corrected chi connectivity index (χ2v) is 3.74. The number of amides is 1. The number of hydrogen-bond donors (Lipinski definition) is 2. The molecule has 0 heterocycles. The minimum Gasteiger partial charge on any atom is -0.384 e. The summed E-state index contributed by atoms with van der Waals surface area (Å²) in [6, 6.07) is 0. The fraction of sp³-hybridized carbons (Fsp3) is 0.800. The Bertz CT molecular complexity index is 215. The van der Waals surface area contributed by atoms with E-state index < -0.39 is 0 Å². The van der Waals surface area contributed by atoms with Crippen LogP contribution >= 0.6 is 0 Å². The number of oxime groups is 1. The number of amidine groups is 1. The van der Waals surface area contributed by atoms with Crippen molar-refractivity contribution in [2.45, 2.75) is 33.6 Å². The summed E-state index contributed by atoms with van der Waals surface area (Å²) in [6.07, 6.45) is 1.67. The molecule has 0 rings (SSSR count). The topological polar surface area (TPSA) is 76.7 Å². The van der Waals surface area contributed by atoms with Crippen LogP contribution in [0.2, 0.25) is 0 Å². The lowest BCUT2D eigenvalue weighted by molar-refractivity contribution is -0.125. The molecule has 0 aliphatic heterocycles. The van der Waals surface area contributed by atoms with Crippen LogP contribution in [0.1, 0.15) is 33.6 Å². The molecule has 0 spiro atoms. The summed E-state index contributed by atoms with van der Waals surface area (Å²) >= 11 is 0. The van der Waals surface area contributed by atoms with Crippen molar-refractivity contribution in [2.24, 2.45) is 16.8 Å². The Morgan fingerprint density at radius 3 is 2.73 bits per heavy atom. The minimum atomic E-state index is -0.182. The molecule has 0 aromatic carbocycles. The molecule has 0 unspecified atom stereocenters. The third-order valence-electron chi connectivity index (χ3n) is 1.73. The highest BCUT2D eigenvalue weighted by Crippen LogP contribution is 2.02. The van der Waals surface area contributed by atoms with Crippen molar-refractivity contribution >= 4 is 11.7 Å². The summed E-state index contributed by atoms with van der Waals surface area (Å²) in [4.78, 5) is 15.7. The van der Waals surface area contributed by atoms with Crippen LogP contribution in [0.3, 0.4) is 0 Å². The van der Waals surface area contributed by atoms with Gasteiger partial charge in [-0.1, -0.05) is 19.0 Å². The van der Waals surface area contributed by atoms with Crippen molar-refractivity contribution in [2.75, 3.05) is 13.2 Å². The summed E-state index contributed by atoms with van der Waals surface area (Å²) in [5.41, 5.74) is 5.58. The average molecular weight is 215 g/mol. The van der Waals surface area contributed by atoms with E-state index in [9.17, 15) is 4.79 Å². The van der Waals surface area contributed by atoms with Gasteiger partial charge in [0.25, 0.3) is 5.91 Å². The highest BCUT2D eigenvalue weighted by molar-refractivity contribution is 5.80. The number of rotatable bonds is 7. The quantitative estimate of drug-likeness (QED) is 0.375. The Morgan fingerprint density at radius 2 is 2.20 bits per heavy atom. The summed E-state index contributed by atoms with van der Waals surface area (Å²) < 4.78 is 0. The molecular weight excluding hydrogens is 194 g/mol. The molecule has 0 aliphatic carbocycles. The zero-order valence-electron chi connectivity index (χ0n) is 9.75. The first-order chi connectivity index (χ1) is 7.06. The van der Waals surface area contributed by atoms with Gasteiger partial charge >= 0.3 is 0 Å². The highest BCUT2D eigenvalue weighted by atomic mass is 16.6. The molecular formula is C10H21N3O2. The zero-order valence-corrected chi connectivity index (χ0v) is 9.75. The molecule has 88 valence electrons. The van der Waals surface area contributed by atoms with Crippen LogP contribution in [0, 0.1) is 5.92 Å². The lowest BCUT2D eigenvalue weighted by atomic mass is 10.1. The van der Waals surface area contributed by atoms with Gasteiger partial charge in [0.2, 0.25) is 0 Å². The van der Waals surface area contributed by atoms with Gasteiger partial charge in [-0.15, -0.1) is 0 Å². The Labute approximate surface area is 91.0 Å². The second-order valence-electron chi connectivity index (χ2n) is 3.74. The molecule has 0 radical (unpaired) electrons. The van der Waals surface area contributed by atoms with Crippen molar-refractivity contribution in [1.82, 2.24) is 5.32 Å². The van der Waals surface area contributed by atoms with Crippen LogP contribution in [-0.2, 0) is 9.63 Å². The lowest BCUT2D eigenvalue weighted by Crippen LogP contribution is -2.26. The predicted octanol–water partition coefficient (Wildman–Crippen LogP) is 0.847. The van der Waals surface area contributed by atoms with Gasteiger partial charge in [0, 0.05) is 13.0 Å². The Balaban J connectivity index is 3.62. The fourth-order valence-corrected chi connectivity index (χ4v) is 0.904. The maximum absolute atomic E-state index is 10.9. The monoisotopic (exact) mass is 215 g/mol. The molecule has 0 aromatic heterocycles. The van der Waals surface area contributed by atoms with Gasteiger partial charge in [0.15, 0.2) is 6.61 Å². The molecule has 0 saturated heterocycles. The smallest absolute Gasteiger partial charge is 0.260 e. The van der Waals surface area contributed by atoms with E-state index in [0.717, 1.165) is 6.42 Å². The lowest BCUT2D eigenvalue weighted by Gasteiger charge is -2.04. The largest absolute Gasteiger partial charge is 0.384 e. The Morgan fingerprint density at radius 1 is 1.53 bits per heavy atom.